The van der Waals surface area contributed by atoms with Crippen molar-refractivity contribution in [3.05, 3.63) is 0 Å². The summed E-state index contributed by atoms with van der Waals surface area (Å²) in [7, 11) is -0.0954. The Labute approximate surface area is 121 Å². The van der Waals surface area contributed by atoms with E-state index in [9.17, 15) is 0 Å². The summed E-state index contributed by atoms with van der Waals surface area (Å²) in [6.07, 6.45) is 16.9. The van der Waals surface area contributed by atoms with Gasteiger partial charge in [0.05, 0.1) is 0 Å². The summed E-state index contributed by atoms with van der Waals surface area (Å²) < 4.78 is 0. The molecule has 0 rings (SSSR count). The lowest BCUT2D eigenvalue weighted by molar-refractivity contribution is 0.315. The molecule has 0 saturated heterocycles. The molecule has 19 heavy (non-hydrogen) atoms. The average Bonchev–Trinajstić information content (AvgIpc) is 2.41. The maximum Gasteiger partial charge on any atom is 0.0470 e. The van der Waals surface area contributed by atoms with Crippen molar-refractivity contribution in [2.24, 2.45) is 0 Å². The highest BCUT2D eigenvalue weighted by molar-refractivity contribution is 7.57. The zero-order valence-corrected chi connectivity index (χ0v) is 13.8. The summed E-state index contributed by atoms with van der Waals surface area (Å²) in [5, 5.41) is 17.9. The van der Waals surface area contributed by atoms with Gasteiger partial charge in [-0.25, -0.2) is 0 Å². The molecule has 2 N–H and O–H groups in total. The highest BCUT2D eigenvalue weighted by Gasteiger charge is 2.05. The van der Waals surface area contributed by atoms with E-state index in [1.165, 1.54) is 70.4 Å². The Balaban J connectivity index is 3.20. The second kappa shape index (κ2) is 16.4. The summed E-state index contributed by atoms with van der Waals surface area (Å²) in [4.78, 5) is 0. The van der Waals surface area contributed by atoms with Gasteiger partial charge in [0.2, 0.25) is 0 Å². The Morgan fingerprint density at radius 1 is 0.579 bits per heavy atom. The van der Waals surface area contributed by atoms with Crippen molar-refractivity contribution in [3.8, 4) is 0 Å². The molecule has 0 aliphatic heterocycles. The molecule has 0 amide bonds. The fourth-order valence-electron chi connectivity index (χ4n) is 2.44. The van der Waals surface area contributed by atoms with E-state index in [1.807, 2.05) is 0 Å². The minimum atomic E-state index is -0.0954. The molecule has 3 heteroatoms. The molecule has 0 aromatic carbocycles. The second-order valence-corrected chi connectivity index (χ2v) is 8.15. The van der Waals surface area contributed by atoms with Gasteiger partial charge in [0.1, 0.15) is 0 Å². The van der Waals surface area contributed by atoms with Gasteiger partial charge in [0.25, 0.3) is 0 Å². The van der Waals surface area contributed by atoms with Crippen LogP contribution in [0.1, 0.15) is 71.1 Å². The van der Waals surface area contributed by atoms with Crippen molar-refractivity contribution in [1.29, 1.82) is 0 Å². The topological polar surface area (TPSA) is 40.5 Å². The van der Waals surface area contributed by atoms with E-state index in [2.05, 4.69) is 6.92 Å². The summed E-state index contributed by atoms with van der Waals surface area (Å²) in [6, 6.07) is 0. The van der Waals surface area contributed by atoms with Crippen molar-refractivity contribution in [1.82, 2.24) is 0 Å². The van der Waals surface area contributed by atoms with Gasteiger partial charge >= 0.3 is 0 Å². The smallest absolute Gasteiger partial charge is 0.0470 e. The number of hydrogen-bond donors (Lipinski definition) is 2. The molecule has 0 atom stereocenters. The molecule has 0 aromatic rings. The molecule has 0 bridgehead atoms. The fraction of sp³-hybridized carbons (Fsp3) is 1.00. The lowest BCUT2D eigenvalue weighted by Crippen LogP contribution is -2.01. The first-order valence-corrected chi connectivity index (χ1v) is 10.2. The third-order valence-electron chi connectivity index (χ3n) is 3.66. The molecule has 0 aliphatic carbocycles. The molecule has 0 radical (unpaired) electrons. The summed E-state index contributed by atoms with van der Waals surface area (Å²) in [5.41, 5.74) is 0. The number of hydrogen-bond acceptors (Lipinski definition) is 2. The van der Waals surface area contributed by atoms with Gasteiger partial charge in [-0.15, -0.1) is 7.92 Å². The Kier molecular flexibility index (Phi) is 16.7. The van der Waals surface area contributed by atoms with Gasteiger partial charge in [-0.1, -0.05) is 64.7 Å². The highest BCUT2D eigenvalue weighted by Crippen LogP contribution is 2.35. The van der Waals surface area contributed by atoms with Gasteiger partial charge in [0, 0.05) is 13.2 Å². The van der Waals surface area contributed by atoms with Crippen LogP contribution in [0.15, 0.2) is 0 Å². The molecule has 0 saturated carbocycles. The van der Waals surface area contributed by atoms with E-state index in [-0.39, 0.29) is 7.92 Å². The van der Waals surface area contributed by atoms with Gasteiger partial charge in [-0.3, -0.25) is 0 Å². The Morgan fingerprint density at radius 2 is 1.00 bits per heavy atom. The van der Waals surface area contributed by atoms with Gasteiger partial charge < -0.3 is 10.2 Å². The van der Waals surface area contributed by atoms with Crippen LogP contribution >= 0.6 is 7.92 Å². The van der Waals surface area contributed by atoms with Crippen LogP contribution in [0.2, 0.25) is 0 Å². The van der Waals surface area contributed by atoms with Crippen molar-refractivity contribution >= 4 is 7.92 Å². The Bertz CT molecular complexity index is 159. The predicted molar refractivity (Wildman–Crippen MR) is 87.5 cm³/mol. The third kappa shape index (κ3) is 14.6. The van der Waals surface area contributed by atoms with Crippen LogP contribution in [0, 0.1) is 0 Å². The van der Waals surface area contributed by atoms with Gasteiger partial charge in [0.15, 0.2) is 0 Å². The third-order valence-corrected chi connectivity index (χ3v) is 6.27. The minimum Gasteiger partial charge on any atom is -0.396 e. The fourth-order valence-corrected chi connectivity index (χ4v) is 4.35. The molecule has 116 valence electrons. The summed E-state index contributed by atoms with van der Waals surface area (Å²) in [5.74, 6) is 0. The van der Waals surface area contributed by atoms with Crippen molar-refractivity contribution in [2.75, 3.05) is 31.7 Å². The zero-order valence-electron chi connectivity index (χ0n) is 12.9. The van der Waals surface area contributed by atoms with Crippen LogP contribution in [-0.2, 0) is 0 Å². The molecule has 0 unspecified atom stereocenters. The van der Waals surface area contributed by atoms with E-state index >= 15 is 0 Å². The zero-order chi connectivity index (χ0) is 14.2. The van der Waals surface area contributed by atoms with E-state index < -0.39 is 0 Å². The van der Waals surface area contributed by atoms with E-state index in [0.29, 0.717) is 13.2 Å². The largest absolute Gasteiger partial charge is 0.396 e. The number of rotatable bonds is 15. The first-order valence-electron chi connectivity index (χ1n) is 8.29. The van der Waals surface area contributed by atoms with Crippen molar-refractivity contribution in [2.45, 2.75) is 71.1 Å². The first kappa shape index (κ1) is 19.4. The van der Waals surface area contributed by atoms with Crippen LogP contribution in [0.3, 0.4) is 0 Å². The number of aliphatic hydroxyl groups excluding tert-OH is 2. The van der Waals surface area contributed by atoms with Crippen LogP contribution in [0.5, 0.6) is 0 Å². The maximum atomic E-state index is 8.96. The highest BCUT2D eigenvalue weighted by atomic mass is 31.1. The van der Waals surface area contributed by atoms with E-state index in [4.69, 9.17) is 10.2 Å². The SMILES string of the molecule is CCCCCCCCCCCCP(CCO)CCO. The lowest BCUT2D eigenvalue weighted by atomic mass is 10.1. The molecular weight excluding hydrogens is 255 g/mol. The molecule has 0 aliphatic rings. The second-order valence-electron chi connectivity index (χ2n) is 5.47. The number of aliphatic hydroxyl groups is 2. The minimum absolute atomic E-state index is 0.0954. The maximum absolute atomic E-state index is 8.96. The average molecular weight is 290 g/mol. The molecule has 0 fully saturated rings. The quantitative estimate of drug-likeness (QED) is 0.347. The predicted octanol–water partition coefficient (Wildman–Crippen LogP) is 4.37. The van der Waals surface area contributed by atoms with E-state index in [0.717, 1.165) is 12.3 Å². The molecule has 0 aromatic heterocycles. The summed E-state index contributed by atoms with van der Waals surface area (Å²) >= 11 is 0. The monoisotopic (exact) mass is 290 g/mol. The van der Waals surface area contributed by atoms with Crippen molar-refractivity contribution < 1.29 is 10.2 Å². The molecular formula is C16H35O2P. The van der Waals surface area contributed by atoms with Crippen LogP contribution in [0.25, 0.3) is 0 Å². The Hall–Kier alpha value is 0.350. The molecule has 2 nitrogen and oxygen atoms in total. The standard InChI is InChI=1S/C16H35O2P/c1-2-3-4-5-6-7-8-9-10-11-14-19(15-12-17)16-13-18/h17-18H,2-16H2,1H3. The van der Waals surface area contributed by atoms with Crippen LogP contribution in [0.4, 0.5) is 0 Å². The van der Waals surface area contributed by atoms with Crippen LogP contribution < -0.4 is 0 Å². The lowest BCUT2D eigenvalue weighted by Gasteiger charge is -2.14. The Morgan fingerprint density at radius 3 is 1.42 bits per heavy atom. The van der Waals surface area contributed by atoms with Gasteiger partial charge in [-0.05, 0) is 24.9 Å². The molecule has 0 spiro atoms. The number of unbranched alkanes of at least 4 members (excludes halogenated alkanes) is 9. The van der Waals surface area contributed by atoms with Crippen LogP contribution in [-0.4, -0.2) is 41.9 Å². The molecule has 0 heterocycles. The normalized spacial score (nSPS) is 11.4. The van der Waals surface area contributed by atoms with E-state index in [1.54, 1.807) is 0 Å². The summed E-state index contributed by atoms with van der Waals surface area (Å²) in [6.45, 7) is 2.86. The van der Waals surface area contributed by atoms with Gasteiger partial charge in [-0.2, -0.15) is 0 Å². The van der Waals surface area contributed by atoms with Crippen molar-refractivity contribution in [3.63, 3.8) is 0 Å². The first-order chi connectivity index (χ1) is 9.35.